The number of hydrogen-bond acceptors (Lipinski definition) is 5. The van der Waals surface area contributed by atoms with Gasteiger partial charge in [-0.25, -0.2) is 14.4 Å². The van der Waals surface area contributed by atoms with Crippen LogP contribution in [0.1, 0.15) is 44.3 Å². The Hall–Kier alpha value is -3.61. The van der Waals surface area contributed by atoms with Crippen molar-refractivity contribution >= 4 is 17.6 Å². The number of amides is 1. The van der Waals surface area contributed by atoms with Crippen LogP contribution in [0.3, 0.4) is 0 Å². The molecule has 2 heterocycles. The second kappa shape index (κ2) is 8.49. The van der Waals surface area contributed by atoms with Gasteiger partial charge in [0.2, 0.25) is 5.95 Å². The number of anilines is 1. The Labute approximate surface area is 185 Å². The second-order valence-corrected chi connectivity index (χ2v) is 8.26. The van der Waals surface area contributed by atoms with Crippen LogP contribution in [0.4, 0.5) is 10.3 Å². The highest BCUT2D eigenvalue weighted by atomic mass is 19.1. The standard InChI is InChI=1S/C25H23FN4O2/c26-20-8-6-18(7-9-20)24(32)29-10-12-30(13-11-29)25-27-16-21-22(28-25)14-19(15-23(21)31)17-4-2-1-3-5-17/h1-9,16,19H,10-15H2. The fraction of sp³-hybridized carbons (Fsp3) is 0.280. The van der Waals surface area contributed by atoms with E-state index in [0.29, 0.717) is 56.1 Å². The maximum Gasteiger partial charge on any atom is 0.253 e. The van der Waals surface area contributed by atoms with E-state index in [1.54, 1.807) is 11.1 Å². The molecule has 2 aliphatic rings. The van der Waals surface area contributed by atoms with Gasteiger partial charge in [0.05, 0.1) is 11.3 Å². The lowest BCUT2D eigenvalue weighted by molar-refractivity contribution is 0.0745. The molecule has 1 atom stereocenters. The highest BCUT2D eigenvalue weighted by Crippen LogP contribution is 2.32. The third-order valence-electron chi connectivity index (χ3n) is 6.24. The van der Waals surface area contributed by atoms with Crippen molar-refractivity contribution in [1.82, 2.24) is 14.9 Å². The van der Waals surface area contributed by atoms with Gasteiger partial charge in [0.15, 0.2) is 5.78 Å². The van der Waals surface area contributed by atoms with Crippen molar-refractivity contribution in [3.63, 3.8) is 0 Å². The van der Waals surface area contributed by atoms with Gasteiger partial charge in [0.25, 0.3) is 5.91 Å². The maximum atomic E-state index is 13.1. The van der Waals surface area contributed by atoms with E-state index in [0.717, 1.165) is 11.3 Å². The molecule has 1 fully saturated rings. The Balaban J connectivity index is 1.28. The van der Waals surface area contributed by atoms with Crippen molar-refractivity contribution in [3.05, 3.63) is 89.0 Å². The lowest BCUT2D eigenvalue weighted by Gasteiger charge is -2.35. The molecule has 6 nitrogen and oxygen atoms in total. The average Bonchev–Trinajstić information content (AvgIpc) is 2.84. The summed E-state index contributed by atoms with van der Waals surface area (Å²) in [7, 11) is 0. The summed E-state index contributed by atoms with van der Waals surface area (Å²) in [6.07, 6.45) is 2.84. The second-order valence-electron chi connectivity index (χ2n) is 8.26. The molecule has 0 spiro atoms. The zero-order valence-electron chi connectivity index (χ0n) is 17.6. The van der Waals surface area contributed by atoms with Gasteiger partial charge in [-0.05, 0) is 42.2 Å². The summed E-state index contributed by atoms with van der Waals surface area (Å²) in [5.41, 5.74) is 3.05. The molecular formula is C25H23FN4O2. The SMILES string of the molecule is O=C1CC(c2ccccc2)Cc2nc(N3CCN(C(=O)c4ccc(F)cc4)CC3)ncc21. The number of nitrogens with zero attached hydrogens (tertiary/aromatic N) is 4. The molecule has 32 heavy (non-hydrogen) atoms. The lowest BCUT2D eigenvalue weighted by atomic mass is 9.82. The van der Waals surface area contributed by atoms with E-state index in [4.69, 9.17) is 4.98 Å². The Morgan fingerprint density at radius 1 is 0.938 bits per heavy atom. The normalized spacial score (nSPS) is 18.4. The smallest absolute Gasteiger partial charge is 0.253 e. The first-order chi connectivity index (χ1) is 15.6. The summed E-state index contributed by atoms with van der Waals surface area (Å²) in [6.45, 7) is 2.26. The number of fused-ring (bicyclic) bond motifs is 1. The highest BCUT2D eigenvalue weighted by molar-refractivity contribution is 5.98. The molecule has 1 saturated heterocycles. The van der Waals surface area contributed by atoms with Crippen LogP contribution in [0.5, 0.6) is 0 Å². The average molecular weight is 430 g/mol. The molecule has 0 radical (unpaired) electrons. The number of rotatable bonds is 3. The molecule has 0 N–H and O–H groups in total. The van der Waals surface area contributed by atoms with E-state index in [2.05, 4.69) is 17.1 Å². The van der Waals surface area contributed by atoms with Crippen LogP contribution < -0.4 is 4.90 Å². The summed E-state index contributed by atoms with van der Waals surface area (Å²) in [6, 6.07) is 15.7. The van der Waals surface area contributed by atoms with Gasteiger partial charge in [-0.3, -0.25) is 9.59 Å². The molecular weight excluding hydrogens is 407 g/mol. The van der Waals surface area contributed by atoms with Crippen molar-refractivity contribution in [3.8, 4) is 0 Å². The van der Waals surface area contributed by atoms with Gasteiger partial charge in [0, 0.05) is 44.4 Å². The van der Waals surface area contributed by atoms with Gasteiger partial charge >= 0.3 is 0 Å². The number of piperazine rings is 1. The minimum Gasteiger partial charge on any atom is -0.337 e. The van der Waals surface area contributed by atoms with Gasteiger partial charge in [-0.15, -0.1) is 0 Å². The van der Waals surface area contributed by atoms with Gasteiger partial charge < -0.3 is 9.80 Å². The largest absolute Gasteiger partial charge is 0.337 e. The minimum absolute atomic E-state index is 0.0846. The molecule has 2 aromatic carbocycles. The van der Waals surface area contributed by atoms with E-state index in [9.17, 15) is 14.0 Å². The molecule has 0 bridgehead atoms. The number of ketones is 1. The topological polar surface area (TPSA) is 66.4 Å². The molecule has 1 aliphatic heterocycles. The Kier molecular flexibility index (Phi) is 5.39. The fourth-order valence-corrected chi connectivity index (χ4v) is 4.43. The van der Waals surface area contributed by atoms with Crippen LogP contribution in [-0.2, 0) is 6.42 Å². The number of Topliss-reactive ketones (excluding diaryl/α,β-unsaturated/α-hetero) is 1. The molecule has 162 valence electrons. The molecule has 0 saturated carbocycles. The van der Waals surface area contributed by atoms with Crippen molar-refractivity contribution in [1.29, 1.82) is 0 Å². The van der Waals surface area contributed by atoms with E-state index >= 15 is 0 Å². The lowest BCUT2D eigenvalue weighted by Crippen LogP contribution is -2.49. The van der Waals surface area contributed by atoms with Crippen LogP contribution in [0.15, 0.2) is 60.8 Å². The zero-order chi connectivity index (χ0) is 22.1. The summed E-state index contributed by atoms with van der Waals surface area (Å²) in [5.74, 6) is 0.348. The summed E-state index contributed by atoms with van der Waals surface area (Å²) in [5, 5.41) is 0. The Bertz CT molecular complexity index is 1140. The van der Waals surface area contributed by atoms with E-state index in [-0.39, 0.29) is 23.4 Å². The van der Waals surface area contributed by atoms with Crippen molar-refractivity contribution in [2.75, 3.05) is 31.1 Å². The van der Waals surface area contributed by atoms with Crippen molar-refractivity contribution < 1.29 is 14.0 Å². The van der Waals surface area contributed by atoms with Crippen LogP contribution in [0.25, 0.3) is 0 Å². The Morgan fingerprint density at radius 2 is 1.66 bits per heavy atom. The predicted molar refractivity (Wildman–Crippen MR) is 118 cm³/mol. The first kappa shape index (κ1) is 20.3. The summed E-state index contributed by atoms with van der Waals surface area (Å²) in [4.78, 5) is 38.3. The molecule has 1 amide bonds. The van der Waals surface area contributed by atoms with Crippen LogP contribution in [-0.4, -0.2) is 52.7 Å². The van der Waals surface area contributed by atoms with Crippen LogP contribution in [0.2, 0.25) is 0 Å². The first-order valence-electron chi connectivity index (χ1n) is 10.8. The monoisotopic (exact) mass is 430 g/mol. The van der Waals surface area contributed by atoms with Crippen LogP contribution >= 0.6 is 0 Å². The summed E-state index contributed by atoms with van der Waals surface area (Å²) < 4.78 is 13.1. The van der Waals surface area contributed by atoms with E-state index < -0.39 is 0 Å². The number of carbonyl (C=O) groups excluding carboxylic acids is 2. The highest BCUT2D eigenvalue weighted by Gasteiger charge is 2.29. The molecule has 1 aromatic heterocycles. The molecule has 1 aliphatic carbocycles. The number of benzene rings is 2. The number of halogens is 1. The predicted octanol–water partition coefficient (Wildman–Crippen LogP) is 3.49. The fourth-order valence-electron chi connectivity index (χ4n) is 4.43. The third kappa shape index (κ3) is 3.98. The zero-order valence-corrected chi connectivity index (χ0v) is 17.6. The molecule has 5 rings (SSSR count). The van der Waals surface area contributed by atoms with Gasteiger partial charge in [-0.1, -0.05) is 30.3 Å². The summed E-state index contributed by atoms with van der Waals surface area (Å²) >= 11 is 0. The van der Waals surface area contributed by atoms with Gasteiger partial charge in [-0.2, -0.15) is 0 Å². The number of hydrogen-bond donors (Lipinski definition) is 0. The minimum atomic E-state index is -0.357. The molecule has 3 aromatic rings. The van der Waals surface area contributed by atoms with Crippen molar-refractivity contribution in [2.24, 2.45) is 0 Å². The van der Waals surface area contributed by atoms with E-state index in [1.165, 1.54) is 24.3 Å². The van der Waals surface area contributed by atoms with Gasteiger partial charge in [0.1, 0.15) is 5.82 Å². The Morgan fingerprint density at radius 3 is 2.38 bits per heavy atom. The van der Waals surface area contributed by atoms with Crippen LogP contribution in [0, 0.1) is 5.82 Å². The van der Waals surface area contributed by atoms with Crippen molar-refractivity contribution in [2.45, 2.75) is 18.8 Å². The maximum absolute atomic E-state index is 13.1. The number of carbonyl (C=O) groups is 2. The first-order valence-corrected chi connectivity index (χ1v) is 10.8. The number of aromatic nitrogens is 2. The molecule has 7 heteroatoms. The van der Waals surface area contributed by atoms with E-state index in [1.807, 2.05) is 23.1 Å². The molecule has 1 unspecified atom stereocenters. The third-order valence-corrected chi connectivity index (χ3v) is 6.24. The quantitative estimate of drug-likeness (QED) is 0.636.